The van der Waals surface area contributed by atoms with E-state index in [9.17, 15) is 4.39 Å². The maximum Gasteiger partial charge on any atom is 0.137 e. The van der Waals surface area contributed by atoms with Crippen LogP contribution < -0.4 is 5.32 Å². The summed E-state index contributed by atoms with van der Waals surface area (Å²) in [5.41, 5.74) is 2.09. The summed E-state index contributed by atoms with van der Waals surface area (Å²) in [6.45, 7) is 0. The van der Waals surface area contributed by atoms with Gasteiger partial charge in [0.15, 0.2) is 0 Å². The minimum absolute atomic E-state index is 0.0499. The lowest BCUT2D eigenvalue weighted by molar-refractivity contribution is 0.611. The van der Waals surface area contributed by atoms with E-state index in [0.29, 0.717) is 4.47 Å². The second kappa shape index (κ2) is 5.08. The number of hydrogen-bond donors (Lipinski definition) is 1. The molecule has 84 valence electrons. The van der Waals surface area contributed by atoms with Gasteiger partial charge in [-0.2, -0.15) is 11.3 Å². The molecule has 0 bridgehead atoms. The molecule has 0 amide bonds. The van der Waals surface area contributed by atoms with Crippen LogP contribution in [0.2, 0.25) is 0 Å². The van der Waals surface area contributed by atoms with Crippen molar-refractivity contribution in [3.05, 3.63) is 56.4 Å². The van der Waals surface area contributed by atoms with Gasteiger partial charge in [0.2, 0.25) is 0 Å². The van der Waals surface area contributed by atoms with Gasteiger partial charge in [0, 0.05) is 0 Å². The summed E-state index contributed by atoms with van der Waals surface area (Å²) in [5.74, 6) is -0.229. The molecule has 1 N–H and O–H groups in total. The predicted molar refractivity (Wildman–Crippen MR) is 69.3 cm³/mol. The summed E-state index contributed by atoms with van der Waals surface area (Å²) >= 11 is 4.80. The van der Waals surface area contributed by atoms with Crippen LogP contribution in [0.3, 0.4) is 0 Å². The number of halogens is 2. The lowest BCUT2D eigenvalue weighted by Gasteiger charge is -2.15. The number of hydrogen-bond acceptors (Lipinski definition) is 2. The highest BCUT2D eigenvalue weighted by molar-refractivity contribution is 9.10. The number of benzene rings is 1. The molecular formula is C12H11BrFNS. The molecule has 1 nitrogen and oxygen atoms in total. The summed E-state index contributed by atoms with van der Waals surface area (Å²) in [5, 5.41) is 7.29. The van der Waals surface area contributed by atoms with Crippen molar-refractivity contribution in [2.45, 2.75) is 6.04 Å². The fourth-order valence-corrected chi connectivity index (χ4v) is 2.59. The first-order valence-corrected chi connectivity index (χ1v) is 6.60. The van der Waals surface area contributed by atoms with Crippen LogP contribution in [0, 0.1) is 5.82 Å². The molecule has 16 heavy (non-hydrogen) atoms. The largest absolute Gasteiger partial charge is 0.309 e. The van der Waals surface area contributed by atoms with E-state index in [1.54, 1.807) is 23.5 Å². The standard InChI is InChI=1S/C12H11BrFNS/c1-15-12(9-4-5-16-7-9)8-2-3-10(13)11(14)6-8/h2-7,12,15H,1H3. The van der Waals surface area contributed by atoms with E-state index in [0.717, 1.165) is 11.1 Å². The van der Waals surface area contributed by atoms with Crippen molar-refractivity contribution in [1.29, 1.82) is 0 Å². The van der Waals surface area contributed by atoms with Gasteiger partial charge in [-0.15, -0.1) is 0 Å². The van der Waals surface area contributed by atoms with Crippen LogP contribution in [-0.4, -0.2) is 7.05 Å². The maximum absolute atomic E-state index is 13.4. The Hall–Kier alpha value is -0.710. The highest BCUT2D eigenvalue weighted by Gasteiger charge is 2.13. The van der Waals surface area contributed by atoms with E-state index in [2.05, 4.69) is 26.6 Å². The van der Waals surface area contributed by atoms with Gasteiger partial charge in [-0.1, -0.05) is 6.07 Å². The van der Waals surface area contributed by atoms with Crippen LogP contribution >= 0.6 is 27.3 Å². The molecule has 1 atom stereocenters. The Morgan fingerprint density at radius 2 is 2.12 bits per heavy atom. The van der Waals surface area contributed by atoms with Gasteiger partial charge in [0.05, 0.1) is 10.5 Å². The summed E-state index contributed by atoms with van der Waals surface area (Å²) in [6.07, 6.45) is 0. The van der Waals surface area contributed by atoms with Gasteiger partial charge in [0.1, 0.15) is 5.82 Å². The summed E-state index contributed by atoms with van der Waals surface area (Å²) in [4.78, 5) is 0. The van der Waals surface area contributed by atoms with E-state index in [1.165, 1.54) is 0 Å². The van der Waals surface area contributed by atoms with Crippen LogP contribution in [0.5, 0.6) is 0 Å². The zero-order valence-electron chi connectivity index (χ0n) is 8.71. The molecule has 2 aromatic rings. The van der Waals surface area contributed by atoms with Crippen molar-refractivity contribution in [1.82, 2.24) is 5.32 Å². The van der Waals surface area contributed by atoms with Crippen molar-refractivity contribution >= 4 is 27.3 Å². The minimum Gasteiger partial charge on any atom is -0.309 e. The molecule has 0 spiro atoms. The van der Waals surface area contributed by atoms with Crippen molar-refractivity contribution < 1.29 is 4.39 Å². The molecule has 1 heterocycles. The first-order valence-electron chi connectivity index (χ1n) is 4.86. The van der Waals surface area contributed by atoms with Gasteiger partial charge in [-0.3, -0.25) is 0 Å². The van der Waals surface area contributed by atoms with E-state index < -0.39 is 0 Å². The molecule has 0 radical (unpaired) electrons. The predicted octanol–water partition coefficient (Wildman–Crippen LogP) is 3.96. The first kappa shape index (κ1) is 11.8. The quantitative estimate of drug-likeness (QED) is 0.905. The third-order valence-corrected chi connectivity index (χ3v) is 3.79. The van der Waals surface area contributed by atoms with Crippen molar-refractivity contribution in [2.75, 3.05) is 7.05 Å². The third-order valence-electron chi connectivity index (χ3n) is 2.44. The lowest BCUT2D eigenvalue weighted by Crippen LogP contribution is -2.17. The maximum atomic E-state index is 13.4. The summed E-state index contributed by atoms with van der Waals surface area (Å²) in [6, 6.07) is 7.32. The average molecular weight is 300 g/mol. The topological polar surface area (TPSA) is 12.0 Å². The fraction of sp³-hybridized carbons (Fsp3) is 0.167. The van der Waals surface area contributed by atoms with Crippen molar-refractivity contribution in [3.63, 3.8) is 0 Å². The molecule has 1 aromatic carbocycles. The van der Waals surface area contributed by atoms with Crippen LogP contribution in [0.4, 0.5) is 4.39 Å². The zero-order chi connectivity index (χ0) is 11.5. The highest BCUT2D eigenvalue weighted by Crippen LogP contribution is 2.26. The molecule has 2 rings (SSSR count). The molecular weight excluding hydrogens is 289 g/mol. The van der Waals surface area contributed by atoms with E-state index >= 15 is 0 Å². The van der Waals surface area contributed by atoms with Crippen LogP contribution in [0.25, 0.3) is 0 Å². The second-order valence-electron chi connectivity index (χ2n) is 3.45. The average Bonchev–Trinajstić information content (AvgIpc) is 2.78. The molecule has 0 fully saturated rings. The van der Waals surface area contributed by atoms with Gasteiger partial charge in [-0.05, 0) is 63.1 Å². The van der Waals surface area contributed by atoms with Crippen molar-refractivity contribution in [2.24, 2.45) is 0 Å². The van der Waals surface area contributed by atoms with Gasteiger partial charge >= 0.3 is 0 Å². The Balaban J connectivity index is 2.37. The van der Waals surface area contributed by atoms with Gasteiger partial charge < -0.3 is 5.32 Å². The Morgan fingerprint density at radius 1 is 1.31 bits per heavy atom. The number of nitrogens with one attached hydrogen (secondary N) is 1. The number of rotatable bonds is 3. The van der Waals surface area contributed by atoms with E-state index in [-0.39, 0.29) is 11.9 Å². The smallest absolute Gasteiger partial charge is 0.137 e. The number of thiophene rings is 1. The fourth-order valence-electron chi connectivity index (χ4n) is 1.66. The summed E-state index contributed by atoms with van der Waals surface area (Å²) < 4.78 is 13.9. The SMILES string of the molecule is CNC(c1ccsc1)c1ccc(Br)c(F)c1. The van der Waals surface area contributed by atoms with Crippen LogP contribution in [0.15, 0.2) is 39.5 Å². The Bertz CT molecular complexity index is 470. The van der Waals surface area contributed by atoms with E-state index in [1.807, 2.05) is 24.6 Å². The minimum atomic E-state index is -0.229. The van der Waals surface area contributed by atoms with Crippen LogP contribution in [-0.2, 0) is 0 Å². The van der Waals surface area contributed by atoms with E-state index in [4.69, 9.17) is 0 Å². The first-order chi connectivity index (χ1) is 7.72. The van der Waals surface area contributed by atoms with Gasteiger partial charge in [0.25, 0.3) is 0 Å². The second-order valence-corrected chi connectivity index (χ2v) is 5.09. The molecule has 4 heteroatoms. The zero-order valence-corrected chi connectivity index (χ0v) is 11.1. The Labute approximate surface area is 106 Å². The Morgan fingerprint density at radius 3 is 2.69 bits per heavy atom. The summed E-state index contributed by atoms with van der Waals surface area (Å²) in [7, 11) is 1.88. The lowest BCUT2D eigenvalue weighted by atomic mass is 10.0. The molecule has 0 aliphatic carbocycles. The highest BCUT2D eigenvalue weighted by atomic mass is 79.9. The molecule has 0 aliphatic heterocycles. The molecule has 0 aliphatic rings. The monoisotopic (exact) mass is 299 g/mol. The van der Waals surface area contributed by atoms with Gasteiger partial charge in [-0.25, -0.2) is 4.39 Å². The molecule has 0 saturated heterocycles. The molecule has 1 unspecified atom stereocenters. The normalized spacial score (nSPS) is 12.7. The van der Waals surface area contributed by atoms with Crippen LogP contribution in [0.1, 0.15) is 17.2 Å². The molecule has 0 saturated carbocycles. The Kier molecular flexibility index (Phi) is 3.74. The third kappa shape index (κ3) is 2.34. The molecule has 1 aromatic heterocycles. The van der Waals surface area contributed by atoms with Crippen molar-refractivity contribution in [3.8, 4) is 0 Å².